The summed E-state index contributed by atoms with van der Waals surface area (Å²) in [6.45, 7) is 4.71. The number of nitrogens with zero attached hydrogens (tertiary/aromatic N) is 1. The summed E-state index contributed by atoms with van der Waals surface area (Å²) in [4.78, 5) is 2.42. The Morgan fingerprint density at radius 2 is 1.08 bits per heavy atom. The molecule has 0 unspecified atom stereocenters. The first-order valence-corrected chi connectivity index (χ1v) is 18.5. The minimum atomic E-state index is -0.0831. The summed E-state index contributed by atoms with van der Waals surface area (Å²) < 4.78 is 2.65. The first-order chi connectivity index (χ1) is 25.0. The highest BCUT2D eigenvalue weighted by molar-refractivity contribution is 7.26. The highest BCUT2D eigenvalue weighted by Crippen LogP contribution is 2.51. The van der Waals surface area contributed by atoms with Crippen molar-refractivity contribution in [2.75, 3.05) is 4.90 Å². The van der Waals surface area contributed by atoms with E-state index in [1.54, 1.807) is 0 Å². The molecule has 242 valence electrons. The van der Waals surface area contributed by atoms with Gasteiger partial charge in [0, 0.05) is 48.2 Å². The Labute approximate surface area is 302 Å². The molecule has 0 saturated heterocycles. The largest absolute Gasteiger partial charge is 0.310 e. The van der Waals surface area contributed by atoms with Crippen LogP contribution in [0.5, 0.6) is 0 Å². The maximum atomic E-state index is 2.42. The van der Waals surface area contributed by atoms with Gasteiger partial charge in [0.25, 0.3) is 0 Å². The van der Waals surface area contributed by atoms with Crippen LogP contribution in [0.25, 0.3) is 64.3 Å². The average Bonchev–Trinajstić information content (AvgIpc) is 3.67. The average molecular weight is 670 g/mol. The van der Waals surface area contributed by atoms with E-state index < -0.39 is 0 Å². The van der Waals surface area contributed by atoms with Crippen molar-refractivity contribution in [2.45, 2.75) is 19.3 Å². The molecule has 1 heterocycles. The van der Waals surface area contributed by atoms with Crippen LogP contribution in [0.4, 0.5) is 17.1 Å². The quantitative estimate of drug-likeness (QED) is 0.176. The van der Waals surface area contributed by atoms with Crippen LogP contribution in [0.3, 0.4) is 0 Å². The molecule has 0 saturated carbocycles. The Balaban J connectivity index is 1.14. The zero-order valence-corrected chi connectivity index (χ0v) is 29.4. The van der Waals surface area contributed by atoms with E-state index in [1.807, 2.05) is 11.3 Å². The summed E-state index contributed by atoms with van der Waals surface area (Å²) in [7, 11) is 0. The molecule has 0 fully saturated rings. The number of fused-ring (bicyclic) bond motifs is 7. The van der Waals surface area contributed by atoms with Crippen LogP contribution in [0, 0.1) is 0 Å². The lowest BCUT2D eigenvalue weighted by atomic mass is 9.82. The molecule has 0 N–H and O–H groups in total. The smallest absolute Gasteiger partial charge is 0.0468 e. The highest BCUT2D eigenvalue weighted by atomic mass is 32.1. The molecule has 0 bridgehead atoms. The fourth-order valence-corrected chi connectivity index (χ4v) is 9.44. The number of anilines is 3. The molecule has 1 aliphatic carbocycles. The predicted molar refractivity (Wildman–Crippen MR) is 220 cm³/mol. The zero-order valence-electron chi connectivity index (χ0n) is 28.6. The molecule has 1 aromatic heterocycles. The Morgan fingerprint density at radius 3 is 1.94 bits per heavy atom. The number of hydrogen-bond donors (Lipinski definition) is 0. The lowest BCUT2D eigenvalue weighted by Gasteiger charge is -2.28. The minimum absolute atomic E-state index is 0.0831. The third-order valence-electron chi connectivity index (χ3n) is 10.8. The predicted octanol–water partition coefficient (Wildman–Crippen LogP) is 14.3. The number of thiophene rings is 1. The molecule has 1 aliphatic rings. The van der Waals surface area contributed by atoms with Gasteiger partial charge >= 0.3 is 0 Å². The molecule has 10 rings (SSSR count). The van der Waals surface area contributed by atoms with Crippen LogP contribution >= 0.6 is 11.3 Å². The van der Waals surface area contributed by atoms with Gasteiger partial charge in [-0.25, -0.2) is 0 Å². The third-order valence-corrected chi connectivity index (χ3v) is 12.1. The number of hydrogen-bond acceptors (Lipinski definition) is 2. The molecular formula is C49H35NS. The van der Waals surface area contributed by atoms with E-state index in [9.17, 15) is 0 Å². The molecule has 9 aromatic rings. The lowest BCUT2D eigenvalue weighted by Crippen LogP contribution is -2.16. The van der Waals surface area contributed by atoms with Crippen molar-refractivity contribution < 1.29 is 0 Å². The molecular weight excluding hydrogens is 635 g/mol. The van der Waals surface area contributed by atoms with Crippen LogP contribution < -0.4 is 4.90 Å². The van der Waals surface area contributed by atoms with E-state index in [2.05, 4.69) is 195 Å². The fraction of sp³-hybridized carbons (Fsp3) is 0.0612. The van der Waals surface area contributed by atoms with E-state index >= 15 is 0 Å². The van der Waals surface area contributed by atoms with Crippen molar-refractivity contribution in [1.82, 2.24) is 0 Å². The van der Waals surface area contributed by atoms with Crippen LogP contribution in [0.2, 0.25) is 0 Å². The molecule has 0 spiro atoms. The van der Waals surface area contributed by atoms with Crippen LogP contribution in [0.1, 0.15) is 25.0 Å². The van der Waals surface area contributed by atoms with Crippen LogP contribution in [0.15, 0.2) is 176 Å². The fourth-order valence-electron chi connectivity index (χ4n) is 8.22. The molecule has 0 atom stereocenters. The molecule has 51 heavy (non-hydrogen) atoms. The van der Waals surface area contributed by atoms with Gasteiger partial charge in [0.15, 0.2) is 0 Å². The van der Waals surface area contributed by atoms with Crippen LogP contribution in [-0.4, -0.2) is 0 Å². The van der Waals surface area contributed by atoms with Crippen molar-refractivity contribution in [1.29, 1.82) is 0 Å². The Kier molecular flexibility index (Phi) is 6.78. The Morgan fingerprint density at radius 1 is 0.412 bits per heavy atom. The lowest BCUT2D eigenvalue weighted by molar-refractivity contribution is 0.660. The van der Waals surface area contributed by atoms with Crippen molar-refractivity contribution in [3.8, 4) is 33.4 Å². The SMILES string of the molecule is CC1(C)c2ccccc2-c2ccc(N(c3ccc(-c4cc(-c5ccccc5)cc5c4sc4ccccc45)cc3)c3ccc4ccccc4c3)cc21. The summed E-state index contributed by atoms with van der Waals surface area (Å²) in [6.07, 6.45) is 0. The molecule has 8 aromatic carbocycles. The summed E-state index contributed by atoms with van der Waals surface area (Å²) in [5.74, 6) is 0. The third kappa shape index (κ3) is 4.82. The first kappa shape index (κ1) is 29.9. The van der Waals surface area contributed by atoms with Gasteiger partial charge in [-0.05, 0) is 104 Å². The summed E-state index contributed by atoms with van der Waals surface area (Å²) in [6, 6.07) is 64.9. The van der Waals surface area contributed by atoms with Gasteiger partial charge in [0.2, 0.25) is 0 Å². The molecule has 1 nitrogen and oxygen atoms in total. The Hall–Kier alpha value is -5.96. The van der Waals surface area contributed by atoms with E-state index in [0.717, 1.165) is 17.1 Å². The normalized spacial score (nSPS) is 13.1. The van der Waals surface area contributed by atoms with E-state index in [4.69, 9.17) is 0 Å². The summed E-state index contributed by atoms with van der Waals surface area (Å²) in [5, 5.41) is 5.11. The molecule has 2 heteroatoms. The van der Waals surface area contributed by atoms with Gasteiger partial charge < -0.3 is 4.90 Å². The topological polar surface area (TPSA) is 3.24 Å². The maximum Gasteiger partial charge on any atom is 0.0468 e. The van der Waals surface area contributed by atoms with Gasteiger partial charge in [0.05, 0.1) is 0 Å². The van der Waals surface area contributed by atoms with Crippen LogP contribution in [-0.2, 0) is 5.41 Å². The number of rotatable bonds is 5. The second-order valence-electron chi connectivity index (χ2n) is 14.2. The van der Waals surface area contributed by atoms with E-state index in [-0.39, 0.29) is 5.41 Å². The first-order valence-electron chi connectivity index (χ1n) is 17.7. The molecule has 0 aliphatic heterocycles. The molecule has 0 amide bonds. The Bertz CT molecular complexity index is 2770. The van der Waals surface area contributed by atoms with Gasteiger partial charge in [-0.1, -0.05) is 135 Å². The summed E-state index contributed by atoms with van der Waals surface area (Å²) >= 11 is 1.89. The summed E-state index contributed by atoms with van der Waals surface area (Å²) in [5.41, 5.74) is 13.8. The van der Waals surface area contributed by atoms with Crippen molar-refractivity contribution >= 4 is 59.3 Å². The second-order valence-corrected chi connectivity index (χ2v) is 15.2. The van der Waals surface area contributed by atoms with Crippen molar-refractivity contribution in [3.05, 3.63) is 187 Å². The highest BCUT2D eigenvalue weighted by Gasteiger charge is 2.35. The molecule has 0 radical (unpaired) electrons. The standard InChI is InChI=1S/C49H35NS/c1-49(2)45-18-10-8-16-40(45)41-27-26-39(31-46(41)49)50(38-25-20-33-14-6-7-15-35(33)28-38)37-23-21-34(22-24-37)43-29-36(32-12-4-3-5-13-32)30-44-42-17-9-11-19-47(42)51-48(43)44/h3-31H,1-2H3. The van der Waals surface area contributed by atoms with Crippen molar-refractivity contribution in [3.63, 3.8) is 0 Å². The van der Waals surface area contributed by atoms with Crippen molar-refractivity contribution in [2.24, 2.45) is 0 Å². The number of benzene rings is 8. The minimum Gasteiger partial charge on any atom is -0.310 e. The van der Waals surface area contributed by atoms with E-state index in [1.165, 1.54) is 75.5 Å². The van der Waals surface area contributed by atoms with Gasteiger partial charge in [0.1, 0.15) is 0 Å². The monoisotopic (exact) mass is 669 g/mol. The van der Waals surface area contributed by atoms with Gasteiger partial charge in [-0.2, -0.15) is 0 Å². The van der Waals surface area contributed by atoms with E-state index in [0.29, 0.717) is 0 Å². The second kappa shape index (κ2) is 11.6. The zero-order chi connectivity index (χ0) is 34.1. The van der Waals surface area contributed by atoms with Gasteiger partial charge in [-0.15, -0.1) is 11.3 Å². The maximum absolute atomic E-state index is 2.42. The van der Waals surface area contributed by atoms with Gasteiger partial charge in [-0.3, -0.25) is 0 Å².